The topological polar surface area (TPSA) is 69.6 Å². The van der Waals surface area contributed by atoms with Crippen LogP contribution in [0.15, 0.2) is 0 Å². The molecule has 0 aromatic carbocycles. The molecule has 0 bridgehead atoms. The SMILES string of the molecule is CCSCCC(C)NC(=O)N(CCC(=O)O)C(C)(C)C. The number of thioether (sulfide) groups is 1. The van der Waals surface area contributed by atoms with Gasteiger partial charge in [0.15, 0.2) is 0 Å². The van der Waals surface area contributed by atoms with Gasteiger partial charge >= 0.3 is 12.0 Å². The molecule has 0 aromatic rings. The number of hydrogen-bond donors (Lipinski definition) is 2. The van der Waals surface area contributed by atoms with Gasteiger partial charge in [0.25, 0.3) is 0 Å². The molecule has 0 spiro atoms. The number of nitrogens with zero attached hydrogens (tertiary/aromatic N) is 1. The minimum atomic E-state index is -0.889. The van der Waals surface area contributed by atoms with Gasteiger partial charge in [-0.1, -0.05) is 6.92 Å². The number of aliphatic carboxylic acids is 1. The van der Waals surface area contributed by atoms with Crippen molar-refractivity contribution in [2.45, 2.75) is 59.0 Å². The summed E-state index contributed by atoms with van der Waals surface area (Å²) >= 11 is 1.85. The van der Waals surface area contributed by atoms with E-state index in [0.29, 0.717) is 0 Å². The fourth-order valence-corrected chi connectivity index (χ4v) is 2.52. The molecule has 0 aliphatic heterocycles. The highest BCUT2D eigenvalue weighted by Crippen LogP contribution is 2.14. The highest BCUT2D eigenvalue weighted by molar-refractivity contribution is 7.99. The molecule has 1 unspecified atom stereocenters. The second-order valence-electron chi connectivity index (χ2n) is 5.80. The summed E-state index contributed by atoms with van der Waals surface area (Å²) in [7, 11) is 0. The quantitative estimate of drug-likeness (QED) is 0.677. The Bertz CT molecular complexity index is 316. The third-order valence-corrected chi connectivity index (χ3v) is 3.81. The average molecular weight is 304 g/mol. The number of carbonyl (C=O) groups is 2. The van der Waals surface area contributed by atoms with Crippen molar-refractivity contribution in [3.63, 3.8) is 0 Å². The zero-order chi connectivity index (χ0) is 15.8. The minimum Gasteiger partial charge on any atom is -0.481 e. The van der Waals surface area contributed by atoms with Crippen molar-refractivity contribution >= 4 is 23.8 Å². The molecule has 0 radical (unpaired) electrons. The first-order chi connectivity index (χ1) is 9.18. The van der Waals surface area contributed by atoms with Crippen LogP contribution in [0, 0.1) is 0 Å². The first kappa shape index (κ1) is 19.1. The van der Waals surface area contributed by atoms with E-state index in [-0.39, 0.29) is 25.0 Å². The maximum atomic E-state index is 12.3. The van der Waals surface area contributed by atoms with E-state index >= 15 is 0 Å². The number of carboxylic acids is 1. The van der Waals surface area contributed by atoms with Crippen molar-refractivity contribution in [1.82, 2.24) is 10.2 Å². The maximum absolute atomic E-state index is 12.3. The standard InChI is InChI=1S/C14H28N2O3S/c1-6-20-10-8-11(2)15-13(19)16(14(3,4)5)9-7-12(17)18/h11H,6-10H2,1-5H3,(H,15,19)(H,17,18). The van der Waals surface area contributed by atoms with Crippen molar-refractivity contribution in [2.75, 3.05) is 18.1 Å². The molecule has 6 heteroatoms. The average Bonchev–Trinajstić information content (AvgIpc) is 2.26. The van der Waals surface area contributed by atoms with Gasteiger partial charge in [-0.15, -0.1) is 0 Å². The summed E-state index contributed by atoms with van der Waals surface area (Å²) in [6, 6.07) is -0.0935. The number of urea groups is 1. The van der Waals surface area contributed by atoms with Gasteiger partial charge in [0.05, 0.1) is 6.42 Å². The second-order valence-corrected chi connectivity index (χ2v) is 7.20. The Morgan fingerprint density at radius 1 is 1.35 bits per heavy atom. The van der Waals surface area contributed by atoms with Crippen molar-refractivity contribution in [1.29, 1.82) is 0 Å². The smallest absolute Gasteiger partial charge is 0.318 e. The number of amides is 2. The van der Waals surface area contributed by atoms with Crippen molar-refractivity contribution in [3.8, 4) is 0 Å². The van der Waals surface area contributed by atoms with Crippen molar-refractivity contribution in [2.24, 2.45) is 0 Å². The van der Waals surface area contributed by atoms with Crippen LogP contribution in [0.25, 0.3) is 0 Å². The van der Waals surface area contributed by atoms with E-state index < -0.39 is 11.5 Å². The van der Waals surface area contributed by atoms with Gasteiger partial charge < -0.3 is 15.3 Å². The van der Waals surface area contributed by atoms with Crippen LogP contribution in [0.1, 0.15) is 47.5 Å². The molecule has 0 saturated carbocycles. The molecule has 0 rings (SSSR count). The van der Waals surface area contributed by atoms with Gasteiger partial charge in [-0.05, 0) is 45.6 Å². The van der Waals surface area contributed by atoms with E-state index in [4.69, 9.17) is 5.11 Å². The molecule has 2 N–H and O–H groups in total. The Hall–Kier alpha value is -0.910. The highest BCUT2D eigenvalue weighted by Gasteiger charge is 2.27. The van der Waals surface area contributed by atoms with Crippen LogP contribution >= 0.6 is 11.8 Å². The van der Waals surface area contributed by atoms with Gasteiger partial charge in [0, 0.05) is 18.1 Å². The monoisotopic (exact) mass is 304 g/mol. The van der Waals surface area contributed by atoms with Crippen LogP contribution in [0.4, 0.5) is 4.79 Å². The minimum absolute atomic E-state index is 0.0369. The van der Waals surface area contributed by atoms with E-state index in [2.05, 4.69) is 12.2 Å². The zero-order valence-corrected chi connectivity index (χ0v) is 14.0. The summed E-state index contributed by atoms with van der Waals surface area (Å²) in [4.78, 5) is 24.5. The molecule has 0 aliphatic rings. The van der Waals surface area contributed by atoms with Crippen LogP contribution in [0.3, 0.4) is 0 Å². The fraction of sp³-hybridized carbons (Fsp3) is 0.857. The predicted octanol–water partition coefficient (Wildman–Crippen LogP) is 2.80. The van der Waals surface area contributed by atoms with E-state index in [1.165, 1.54) is 0 Å². The van der Waals surface area contributed by atoms with Gasteiger partial charge in [0.2, 0.25) is 0 Å². The molecule has 1 atom stereocenters. The first-order valence-corrected chi connectivity index (χ1v) is 8.21. The van der Waals surface area contributed by atoms with E-state index in [9.17, 15) is 9.59 Å². The highest BCUT2D eigenvalue weighted by atomic mass is 32.2. The molecule has 2 amide bonds. The van der Waals surface area contributed by atoms with E-state index in [1.807, 2.05) is 39.5 Å². The predicted molar refractivity (Wildman–Crippen MR) is 84.3 cm³/mol. The lowest BCUT2D eigenvalue weighted by Gasteiger charge is -2.36. The Balaban J connectivity index is 4.43. The molecule has 0 saturated heterocycles. The van der Waals surface area contributed by atoms with Crippen LogP contribution in [0.2, 0.25) is 0 Å². The van der Waals surface area contributed by atoms with E-state index in [0.717, 1.165) is 17.9 Å². The lowest BCUT2D eigenvalue weighted by molar-refractivity contribution is -0.137. The second kappa shape index (κ2) is 9.10. The third-order valence-electron chi connectivity index (χ3n) is 2.87. The number of carboxylic acid groups (broad SMARTS) is 1. The normalized spacial score (nSPS) is 12.8. The first-order valence-electron chi connectivity index (χ1n) is 7.06. The molecule has 0 heterocycles. The number of carbonyl (C=O) groups excluding carboxylic acids is 1. The van der Waals surface area contributed by atoms with Gasteiger partial charge in [0.1, 0.15) is 0 Å². The fourth-order valence-electron chi connectivity index (χ4n) is 1.71. The Morgan fingerprint density at radius 3 is 2.40 bits per heavy atom. The molecule has 5 nitrogen and oxygen atoms in total. The molecule has 0 fully saturated rings. The molecular weight excluding hydrogens is 276 g/mol. The third kappa shape index (κ3) is 8.30. The summed E-state index contributed by atoms with van der Waals surface area (Å²) in [5.74, 6) is 1.20. The molecule has 0 aliphatic carbocycles. The van der Waals surface area contributed by atoms with E-state index in [1.54, 1.807) is 4.90 Å². The molecule has 0 aromatic heterocycles. The summed E-state index contributed by atoms with van der Waals surface area (Å²) in [6.45, 7) is 10.0. The summed E-state index contributed by atoms with van der Waals surface area (Å²) in [5, 5.41) is 11.7. The number of rotatable bonds is 8. The molecule has 20 heavy (non-hydrogen) atoms. The summed E-state index contributed by atoms with van der Waals surface area (Å²) in [5.41, 5.74) is -0.391. The Morgan fingerprint density at radius 2 is 1.95 bits per heavy atom. The maximum Gasteiger partial charge on any atom is 0.318 e. The zero-order valence-electron chi connectivity index (χ0n) is 13.2. The lowest BCUT2D eigenvalue weighted by Crippen LogP contribution is -2.53. The van der Waals surface area contributed by atoms with Crippen LogP contribution in [0.5, 0.6) is 0 Å². The number of hydrogen-bond acceptors (Lipinski definition) is 3. The van der Waals surface area contributed by atoms with Gasteiger partial charge in [-0.2, -0.15) is 11.8 Å². The Labute approximate surface area is 126 Å². The van der Waals surface area contributed by atoms with Crippen LogP contribution in [-0.4, -0.2) is 51.6 Å². The summed E-state index contributed by atoms with van der Waals surface area (Å²) in [6.07, 6.45) is 0.881. The molecular formula is C14H28N2O3S. The molecule has 118 valence electrons. The van der Waals surface area contributed by atoms with Crippen LogP contribution in [-0.2, 0) is 4.79 Å². The van der Waals surface area contributed by atoms with Crippen LogP contribution < -0.4 is 5.32 Å². The Kier molecular flexibility index (Phi) is 8.69. The van der Waals surface area contributed by atoms with Gasteiger partial charge in [-0.25, -0.2) is 4.79 Å². The lowest BCUT2D eigenvalue weighted by atomic mass is 10.1. The van der Waals surface area contributed by atoms with Crippen molar-refractivity contribution < 1.29 is 14.7 Å². The van der Waals surface area contributed by atoms with Crippen molar-refractivity contribution in [3.05, 3.63) is 0 Å². The summed E-state index contributed by atoms with van der Waals surface area (Å²) < 4.78 is 0. The number of nitrogens with one attached hydrogen (secondary N) is 1. The van der Waals surface area contributed by atoms with Gasteiger partial charge in [-0.3, -0.25) is 4.79 Å². The largest absolute Gasteiger partial charge is 0.481 e.